The van der Waals surface area contributed by atoms with Crippen LogP contribution in [-0.4, -0.2) is 57.8 Å². The highest BCUT2D eigenvalue weighted by Gasteiger charge is 2.30. The van der Waals surface area contributed by atoms with Gasteiger partial charge in [-0.3, -0.25) is 14.0 Å². The molecular formula is C23H30ClN3O4S. The Labute approximate surface area is 195 Å². The molecule has 0 saturated carbocycles. The van der Waals surface area contributed by atoms with Gasteiger partial charge in [0.1, 0.15) is 6.04 Å². The van der Waals surface area contributed by atoms with E-state index in [1.165, 1.54) is 5.56 Å². The number of hydrogen-bond donors (Lipinski definition) is 1. The maximum absolute atomic E-state index is 12.8. The van der Waals surface area contributed by atoms with Gasteiger partial charge in [-0.05, 0) is 42.7 Å². The number of amides is 1. The Morgan fingerprint density at radius 1 is 1.16 bits per heavy atom. The van der Waals surface area contributed by atoms with Gasteiger partial charge in [0.25, 0.3) is 0 Å². The second kappa shape index (κ2) is 10.7. The lowest BCUT2D eigenvalue weighted by atomic mass is 10.1. The van der Waals surface area contributed by atoms with Gasteiger partial charge in [-0.1, -0.05) is 41.9 Å². The molecule has 1 N–H and O–H groups in total. The van der Waals surface area contributed by atoms with Crippen LogP contribution in [0.15, 0.2) is 42.5 Å². The zero-order chi connectivity index (χ0) is 23.3. The van der Waals surface area contributed by atoms with E-state index in [9.17, 15) is 13.2 Å². The minimum atomic E-state index is -3.70. The summed E-state index contributed by atoms with van der Waals surface area (Å²) in [6.45, 7) is 7.93. The second-order valence-corrected chi connectivity index (χ2v) is 10.4. The van der Waals surface area contributed by atoms with E-state index in [0.717, 1.165) is 54.5 Å². The van der Waals surface area contributed by atoms with Gasteiger partial charge in [-0.25, -0.2) is 8.42 Å². The van der Waals surface area contributed by atoms with Crippen LogP contribution in [0.5, 0.6) is 0 Å². The molecule has 0 bridgehead atoms. The van der Waals surface area contributed by atoms with Crippen molar-refractivity contribution in [3.05, 3.63) is 64.2 Å². The number of benzene rings is 2. The van der Waals surface area contributed by atoms with Crippen molar-refractivity contribution in [1.29, 1.82) is 0 Å². The van der Waals surface area contributed by atoms with E-state index in [1.54, 1.807) is 32.0 Å². The van der Waals surface area contributed by atoms with Gasteiger partial charge in [-0.2, -0.15) is 0 Å². The summed E-state index contributed by atoms with van der Waals surface area (Å²) in [5.41, 5.74) is 3.27. The van der Waals surface area contributed by atoms with Crippen LogP contribution in [-0.2, 0) is 32.6 Å². The summed E-state index contributed by atoms with van der Waals surface area (Å²) in [5, 5.41) is 3.26. The maximum Gasteiger partial charge on any atom is 0.243 e. The van der Waals surface area contributed by atoms with E-state index in [-0.39, 0.29) is 5.91 Å². The zero-order valence-corrected chi connectivity index (χ0v) is 20.2. The van der Waals surface area contributed by atoms with Crippen molar-refractivity contribution in [2.45, 2.75) is 33.0 Å². The predicted molar refractivity (Wildman–Crippen MR) is 127 cm³/mol. The summed E-state index contributed by atoms with van der Waals surface area (Å²) >= 11 is 6.08. The van der Waals surface area contributed by atoms with Crippen LogP contribution in [0.4, 0.5) is 5.69 Å². The van der Waals surface area contributed by atoms with Crippen LogP contribution in [0.1, 0.15) is 23.6 Å². The van der Waals surface area contributed by atoms with E-state index in [1.807, 2.05) is 12.1 Å². The number of nitrogens with zero attached hydrogens (tertiary/aromatic N) is 2. The number of sulfonamides is 1. The number of halogens is 1. The monoisotopic (exact) mass is 479 g/mol. The lowest BCUT2D eigenvalue weighted by Gasteiger charge is -2.29. The molecule has 7 nitrogen and oxygen atoms in total. The highest BCUT2D eigenvalue weighted by Crippen LogP contribution is 2.28. The molecule has 0 aromatic heterocycles. The summed E-state index contributed by atoms with van der Waals surface area (Å²) in [4.78, 5) is 15.2. The fourth-order valence-corrected chi connectivity index (χ4v) is 5.11. The van der Waals surface area contributed by atoms with Gasteiger partial charge in [0, 0.05) is 31.2 Å². The predicted octanol–water partition coefficient (Wildman–Crippen LogP) is 2.95. The van der Waals surface area contributed by atoms with E-state index >= 15 is 0 Å². The minimum absolute atomic E-state index is 0.313. The van der Waals surface area contributed by atoms with E-state index < -0.39 is 16.1 Å². The molecule has 2 aromatic carbocycles. The van der Waals surface area contributed by atoms with Gasteiger partial charge in [0.15, 0.2) is 0 Å². The van der Waals surface area contributed by atoms with Crippen LogP contribution in [0.2, 0.25) is 5.02 Å². The Bertz CT molecular complexity index is 1040. The SMILES string of the molecule is Cc1ccc(Cl)cc1N([C@H](C)C(=O)NCc1ccc(CN2CCOCC2)cc1)S(C)(=O)=O. The van der Waals surface area contributed by atoms with Crippen LogP contribution < -0.4 is 9.62 Å². The Hall–Kier alpha value is -2.13. The molecule has 9 heteroatoms. The molecule has 0 radical (unpaired) electrons. The molecule has 3 rings (SSSR count). The fourth-order valence-electron chi connectivity index (χ4n) is 3.72. The molecule has 1 aliphatic rings. The molecule has 1 amide bonds. The Morgan fingerprint density at radius 3 is 2.41 bits per heavy atom. The minimum Gasteiger partial charge on any atom is -0.379 e. The van der Waals surface area contributed by atoms with Crippen LogP contribution in [0.3, 0.4) is 0 Å². The molecule has 1 aliphatic heterocycles. The van der Waals surface area contributed by atoms with Crippen LogP contribution >= 0.6 is 11.6 Å². The molecule has 2 aromatic rings. The molecule has 174 valence electrons. The van der Waals surface area contributed by atoms with Crippen molar-refractivity contribution in [2.24, 2.45) is 0 Å². The first-order valence-electron chi connectivity index (χ1n) is 10.6. The fraction of sp³-hybridized carbons (Fsp3) is 0.435. The smallest absolute Gasteiger partial charge is 0.243 e. The number of rotatable bonds is 8. The van der Waals surface area contributed by atoms with Crippen molar-refractivity contribution in [2.75, 3.05) is 36.9 Å². The average molecular weight is 480 g/mol. The molecule has 1 saturated heterocycles. The van der Waals surface area contributed by atoms with Crippen molar-refractivity contribution < 1.29 is 17.9 Å². The summed E-state index contributed by atoms with van der Waals surface area (Å²) in [7, 11) is -3.70. The highest BCUT2D eigenvalue weighted by molar-refractivity contribution is 7.92. The Balaban J connectivity index is 1.64. The summed E-state index contributed by atoms with van der Waals surface area (Å²) in [6, 6.07) is 12.1. The number of carbonyl (C=O) groups is 1. The van der Waals surface area contributed by atoms with Gasteiger partial charge in [0.05, 0.1) is 25.2 Å². The summed E-state index contributed by atoms with van der Waals surface area (Å²) < 4.78 is 31.5. The number of carbonyl (C=O) groups excluding carboxylic acids is 1. The molecule has 1 heterocycles. The largest absolute Gasteiger partial charge is 0.379 e. The molecule has 0 aliphatic carbocycles. The van der Waals surface area contributed by atoms with E-state index in [0.29, 0.717) is 17.3 Å². The third-order valence-electron chi connectivity index (χ3n) is 5.50. The standard InChI is InChI=1S/C23H30ClN3O4S/c1-17-4-9-21(24)14-22(17)27(32(3,29)30)18(2)23(28)25-15-19-5-7-20(8-6-19)16-26-10-12-31-13-11-26/h4-9,14,18H,10-13,15-16H2,1-3H3,(H,25,28)/t18-/m1/s1. The first-order valence-corrected chi connectivity index (χ1v) is 12.8. The average Bonchev–Trinajstić information content (AvgIpc) is 2.75. The lowest BCUT2D eigenvalue weighted by molar-refractivity contribution is -0.122. The molecule has 0 unspecified atom stereocenters. The number of morpholine rings is 1. The number of ether oxygens (including phenoxy) is 1. The first-order chi connectivity index (χ1) is 15.1. The van der Waals surface area contributed by atoms with Crippen molar-refractivity contribution in [3.63, 3.8) is 0 Å². The number of hydrogen-bond acceptors (Lipinski definition) is 5. The zero-order valence-electron chi connectivity index (χ0n) is 18.7. The molecule has 32 heavy (non-hydrogen) atoms. The number of anilines is 1. The molecule has 1 fully saturated rings. The second-order valence-electron chi connectivity index (χ2n) is 8.09. The van der Waals surface area contributed by atoms with Gasteiger partial charge in [0.2, 0.25) is 15.9 Å². The topological polar surface area (TPSA) is 79.0 Å². The Morgan fingerprint density at radius 2 is 1.78 bits per heavy atom. The third-order valence-corrected chi connectivity index (χ3v) is 6.96. The summed E-state index contributed by atoms with van der Waals surface area (Å²) in [6.07, 6.45) is 1.09. The van der Waals surface area contributed by atoms with Crippen LogP contribution in [0.25, 0.3) is 0 Å². The van der Waals surface area contributed by atoms with Gasteiger partial charge < -0.3 is 10.1 Å². The number of aryl methyl sites for hydroxylation is 1. The quantitative estimate of drug-likeness (QED) is 0.629. The van der Waals surface area contributed by atoms with Crippen molar-refractivity contribution in [1.82, 2.24) is 10.2 Å². The lowest BCUT2D eigenvalue weighted by Crippen LogP contribution is -2.48. The van der Waals surface area contributed by atoms with E-state index in [4.69, 9.17) is 16.3 Å². The molecule has 1 atom stereocenters. The van der Waals surface area contributed by atoms with Crippen molar-refractivity contribution >= 4 is 33.2 Å². The van der Waals surface area contributed by atoms with E-state index in [2.05, 4.69) is 22.3 Å². The summed E-state index contributed by atoms with van der Waals surface area (Å²) in [5.74, 6) is -0.382. The first kappa shape index (κ1) is 24.5. The van der Waals surface area contributed by atoms with Crippen LogP contribution in [0, 0.1) is 6.92 Å². The molecular weight excluding hydrogens is 450 g/mol. The highest BCUT2D eigenvalue weighted by atomic mass is 35.5. The maximum atomic E-state index is 12.8. The third kappa shape index (κ3) is 6.45. The van der Waals surface area contributed by atoms with Gasteiger partial charge >= 0.3 is 0 Å². The normalized spacial score (nSPS) is 15.9. The Kier molecular flexibility index (Phi) is 8.16. The van der Waals surface area contributed by atoms with Gasteiger partial charge in [-0.15, -0.1) is 0 Å². The molecule has 0 spiro atoms. The van der Waals surface area contributed by atoms with Crippen molar-refractivity contribution in [3.8, 4) is 0 Å². The number of nitrogens with one attached hydrogen (secondary N) is 1.